The molecule has 1 aliphatic rings. The summed E-state index contributed by atoms with van der Waals surface area (Å²) in [6, 6.07) is 0. The maximum atomic E-state index is 8.84. The van der Waals surface area contributed by atoms with Crippen molar-refractivity contribution in [2.45, 2.75) is 33.1 Å². The average Bonchev–Trinajstić information content (AvgIpc) is 2.47. The summed E-state index contributed by atoms with van der Waals surface area (Å²) in [6.45, 7) is 4.72. The molecule has 0 spiro atoms. The van der Waals surface area contributed by atoms with E-state index in [0.29, 0.717) is 12.5 Å². The molecule has 0 fully saturated rings. The van der Waals surface area contributed by atoms with E-state index in [4.69, 9.17) is 5.11 Å². The molecule has 0 heterocycles. The lowest BCUT2D eigenvalue weighted by Crippen LogP contribution is -2.04. The zero-order valence-electron chi connectivity index (χ0n) is 8.16. The molecule has 0 saturated heterocycles. The summed E-state index contributed by atoms with van der Waals surface area (Å²) in [6.07, 6.45) is 8.39. The van der Waals surface area contributed by atoms with Crippen molar-refractivity contribution in [3.8, 4) is 0 Å². The molecule has 0 saturated carbocycles. The van der Waals surface area contributed by atoms with E-state index in [9.17, 15) is 0 Å². The quantitative estimate of drug-likeness (QED) is 0.640. The zero-order valence-corrected chi connectivity index (χ0v) is 8.16. The van der Waals surface area contributed by atoms with Crippen molar-refractivity contribution in [2.24, 2.45) is 17.8 Å². The van der Waals surface area contributed by atoms with Crippen LogP contribution in [0, 0.1) is 17.8 Å². The van der Waals surface area contributed by atoms with Gasteiger partial charge in [-0.15, -0.1) is 0 Å². The molecular weight excluding hydrogens is 148 g/mol. The van der Waals surface area contributed by atoms with Gasteiger partial charge in [0, 0.05) is 6.61 Å². The molecule has 0 amide bonds. The van der Waals surface area contributed by atoms with Gasteiger partial charge in [0.15, 0.2) is 0 Å². The van der Waals surface area contributed by atoms with E-state index in [1.165, 1.54) is 12.8 Å². The maximum absolute atomic E-state index is 8.84. The van der Waals surface area contributed by atoms with Crippen LogP contribution in [0.3, 0.4) is 0 Å². The van der Waals surface area contributed by atoms with Crippen molar-refractivity contribution in [3.05, 3.63) is 12.2 Å². The standard InChI is InChI=1S/C11H20O/c1-9-3-5-11(7-9)6-4-10(2)8-12/h3,5,9-12H,4,6-8H2,1-2H3. The summed E-state index contributed by atoms with van der Waals surface area (Å²) in [4.78, 5) is 0. The molecule has 1 N–H and O–H groups in total. The van der Waals surface area contributed by atoms with E-state index in [1.54, 1.807) is 0 Å². The Morgan fingerprint density at radius 1 is 1.50 bits per heavy atom. The van der Waals surface area contributed by atoms with Crippen molar-refractivity contribution >= 4 is 0 Å². The predicted octanol–water partition coefficient (Wildman–Crippen LogP) is 2.61. The Bertz CT molecular complexity index is 151. The number of rotatable bonds is 4. The lowest BCUT2D eigenvalue weighted by molar-refractivity contribution is 0.224. The first kappa shape index (κ1) is 9.79. The number of hydrogen-bond acceptors (Lipinski definition) is 1. The number of aliphatic hydroxyl groups is 1. The van der Waals surface area contributed by atoms with Crippen molar-refractivity contribution in [1.82, 2.24) is 0 Å². The van der Waals surface area contributed by atoms with Crippen molar-refractivity contribution in [1.29, 1.82) is 0 Å². The minimum atomic E-state index is 0.339. The van der Waals surface area contributed by atoms with Crippen LogP contribution in [0.25, 0.3) is 0 Å². The van der Waals surface area contributed by atoms with Gasteiger partial charge in [0.05, 0.1) is 0 Å². The van der Waals surface area contributed by atoms with Gasteiger partial charge < -0.3 is 5.11 Å². The zero-order chi connectivity index (χ0) is 8.97. The third-order valence-electron chi connectivity index (χ3n) is 2.73. The predicted molar refractivity (Wildman–Crippen MR) is 51.9 cm³/mol. The first-order valence-electron chi connectivity index (χ1n) is 5.01. The second kappa shape index (κ2) is 4.66. The van der Waals surface area contributed by atoms with Crippen molar-refractivity contribution in [3.63, 3.8) is 0 Å². The molecular formula is C11H20O. The summed E-state index contributed by atoms with van der Waals surface area (Å²) in [5.74, 6) is 2.04. The summed E-state index contributed by atoms with van der Waals surface area (Å²) in [5.41, 5.74) is 0. The van der Waals surface area contributed by atoms with E-state index in [0.717, 1.165) is 18.3 Å². The highest BCUT2D eigenvalue weighted by Crippen LogP contribution is 2.27. The van der Waals surface area contributed by atoms with Crippen LogP contribution in [0.1, 0.15) is 33.1 Å². The van der Waals surface area contributed by atoms with Crippen molar-refractivity contribution < 1.29 is 5.11 Å². The summed E-state index contributed by atoms with van der Waals surface area (Å²) >= 11 is 0. The summed E-state index contributed by atoms with van der Waals surface area (Å²) < 4.78 is 0. The van der Waals surface area contributed by atoms with Crippen LogP contribution in [0.15, 0.2) is 12.2 Å². The molecule has 1 rings (SSSR count). The van der Waals surface area contributed by atoms with Crippen LogP contribution in [-0.2, 0) is 0 Å². The van der Waals surface area contributed by atoms with Gasteiger partial charge in [0.2, 0.25) is 0 Å². The Morgan fingerprint density at radius 2 is 2.25 bits per heavy atom. The third-order valence-corrected chi connectivity index (χ3v) is 2.73. The molecule has 1 nitrogen and oxygen atoms in total. The lowest BCUT2D eigenvalue weighted by atomic mass is 9.95. The van der Waals surface area contributed by atoms with Gasteiger partial charge in [-0.25, -0.2) is 0 Å². The lowest BCUT2D eigenvalue weighted by Gasteiger charge is -2.11. The Morgan fingerprint density at radius 3 is 2.75 bits per heavy atom. The van der Waals surface area contributed by atoms with Crippen LogP contribution >= 0.6 is 0 Å². The van der Waals surface area contributed by atoms with Gasteiger partial charge in [0.25, 0.3) is 0 Å². The normalized spacial score (nSPS) is 30.9. The fraction of sp³-hybridized carbons (Fsp3) is 0.818. The Balaban J connectivity index is 2.12. The molecule has 0 bridgehead atoms. The van der Waals surface area contributed by atoms with Gasteiger partial charge in [0.1, 0.15) is 0 Å². The Kier molecular flexibility index (Phi) is 3.80. The molecule has 0 aliphatic heterocycles. The Hall–Kier alpha value is -0.300. The fourth-order valence-electron chi connectivity index (χ4n) is 1.79. The largest absolute Gasteiger partial charge is 0.396 e. The molecule has 3 unspecified atom stereocenters. The van der Waals surface area contributed by atoms with E-state index < -0.39 is 0 Å². The van der Waals surface area contributed by atoms with E-state index in [-0.39, 0.29) is 0 Å². The molecule has 0 radical (unpaired) electrons. The van der Waals surface area contributed by atoms with Gasteiger partial charge in [-0.1, -0.05) is 26.0 Å². The minimum Gasteiger partial charge on any atom is -0.396 e. The van der Waals surface area contributed by atoms with E-state index >= 15 is 0 Å². The first-order chi connectivity index (χ1) is 5.72. The van der Waals surface area contributed by atoms with Crippen LogP contribution in [0.5, 0.6) is 0 Å². The highest BCUT2D eigenvalue weighted by molar-refractivity contribution is 5.00. The molecule has 0 aromatic rings. The second-order valence-electron chi connectivity index (χ2n) is 4.22. The smallest absolute Gasteiger partial charge is 0.0456 e. The topological polar surface area (TPSA) is 20.2 Å². The molecule has 3 atom stereocenters. The summed E-state index contributed by atoms with van der Waals surface area (Å²) in [5, 5.41) is 8.84. The maximum Gasteiger partial charge on any atom is 0.0456 e. The number of allylic oxidation sites excluding steroid dienone is 2. The van der Waals surface area contributed by atoms with Gasteiger partial charge in [-0.05, 0) is 37.0 Å². The van der Waals surface area contributed by atoms with Gasteiger partial charge >= 0.3 is 0 Å². The van der Waals surface area contributed by atoms with Gasteiger partial charge in [-0.2, -0.15) is 0 Å². The molecule has 0 aromatic heterocycles. The van der Waals surface area contributed by atoms with Crippen molar-refractivity contribution in [2.75, 3.05) is 6.61 Å². The first-order valence-corrected chi connectivity index (χ1v) is 5.01. The highest BCUT2D eigenvalue weighted by Gasteiger charge is 2.15. The molecule has 0 aromatic carbocycles. The van der Waals surface area contributed by atoms with E-state index in [1.807, 2.05) is 0 Å². The molecule has 12 heavy (non-hydrogen) atoms. The SMILES string of the molecule is CC1C=CC(CCC(C)CO)C1. The van der Waals surface area contributed by atoms with Gasteiger partial charge in [-0.3, -0.25) is 0 Å². The average molecular weight is 168 g/mol. The number of aliphatic hydroxyl groups excluding tert-OH is 1. The highest BCUT2D eigenvalue weighted by atomic mass is 16.3. The van der Waals surface area contributed by atoms with Crippen LogP contribution in [0.2, 0.25) is 0 Å². The van der Waals surface area contributed by atoms with Crippen LogP contribution < -0.4 is 0 Å². The molecule has 1 aliphatic carbocycles. The monoisotopic (exact) mass is 168 g/mol. The van der Waals surface area contributed by atoms with E-state index in [2.05, 4.69) is 26.0 Å². The third kappa shape index (κ3) is 2.98. The van der Waals surface area contributed by atoms with Crippen LogP contribution in [-0.4, -0.2) is 11.7 Å². The fourth-order valence-corrected chi connectivity index (χ4v) is 1.79. The minimum absolute atomic E-state index is 0.339. The Labute approximate surface area is 75.5 Å². The van der Waals surface area contributed by atoms with Crippen LogP contribution in [0.4, 0.5) is 0 Å². The summed E-state index contributed by atoms with van der Waals surface area (Å²) in [7, 11) is 0. The molecule has 70 valence electrons. The second-order valence-corrected chi connectivity index (χ2v) is 4.22. The molecule has 1 heteroatoms. The number of hydrogen-bond donors (Lipinski definition) is 1.